The van der Waals surface area contributed by atoms with Crippen LogP contribution >= 0.6 is 27.5 Å². The molecule has 66 valence electrons. The van der Waals surface area contributed by atoms with Crippen LogP contribution in [0.5, 0.6) is 0 Å². The van der Waals surface area contributed by atoms with Crippen molar-refractivity contribution in [2.24, 2.45) is 0 Å². The van der Waals surface area contributed by atoms with Gasteiger partial charge in [0, 0.05) is 0 Å². The fourth-order valence-corrected chi connectivity index (χ4v) is 1.09. The Kier molecular flexibility index (Phi) is 3.11. The molecule has 12 heavy (non-hydrogen) atoms. The maximum Gasteiger partial charge on any atom is 0.285 e. The largest absolute Gasteiger partial charge is 0.370 e. The lowest BCUT2D eigenvalue weighted by atomic mass is 10.4. The second kappa shape index (κ2) is 3.91. The van der Waals surface area contributed by atoms with Crippen LogP contribution < -0.4 is 10.9 Å². The van der Waals surface area contributed by atoms with E-state index in [4.69, 9.17) is 11.6 Å². The van der Waals surface area contributed by atoms with Gasteiger partial charge < -0.3 is 5.32 Å². The molecule has 0 fully saturated rings. The molecule has 1 heterocycles. The number of anilines is 1. The Balaban J connectivity index is 3.00. The molecule has 2 N–H and O–H groups in total. The number of halogens is 2. The summed E-state index contributed by atoms with van der Waals surface area (Å²) in [5, 5.41) is 8.85. The van der Waals surface area contributed by atoms with Crippen molar-refractivity contribution < 1.29 is 0 Å². The summed E-state index contributed by atoms with van der Waals surface area (Å²) in [6.45, 7) is 1.87. The zero-order chi connectivity index (χ0) is 9.14. The van der Waals surface area contributed by atoms with Gasteiger partial charge >= 0.3 is 0 Å². The van der Waals surface area contributed by atoms with Gasteiger partial charge in [-0.3, -0.25) is 4.79 Å². The molecule has 0 aliphatic rings. The maximum atomic E-state index is 10.9. The van der Waals surface area contributed by atoms with Crippen molar-refractivity contribution in [1.29, 1.82) is 0 Å². The molecule has 1 atom stereocenters. The minimum Gasteiger partial charge on any atom is -0.370 e. The quantitative estimate of drug-likeness (QED) is 0.620. The third-order valence-electron chi connectivity index (χ3n) is 1.15. The van der Waals surface area contributed by atoms with Crippen molar-refractivity contribution in [1.82, 2.24) is 10.2 Å². The van der Waals surface area contributed by atoms with E-state index in [-0.39, 0.29) is 9.97 Å². The molecule has 0 spiro atoms. The molecule has 0 aromatic carbocycles. The molecule has 0 aliphatic carbocycles. The van der Waals surface area contributed by atoms with Crippen LogP contribution in [0, 0.1) is 0 Å². The molecule has 0 saturated heterocycles. The average Bonchev–Trinajstić information content (AvgIpc) is 1.98. The van der Waals surface area contributed by atoms with Crippen molar-refractivity contribution >= 4 is 33.2 Å². The Bertz CT molecular complexity index is 325. The fourth-order valence-electron chi connectivity index (χ4n) is 0.698. The molecule has 1 unspecified atom stereocenters. The first-order valence-corrected chi connectivity index (χ1v) is 4.54. The van der Waals surface area contributed by atoms with E-state index in [0.29, 0.717) is 5.69 Å². The standard InChI is InChI=1S/C6H7BrClN3O/c1-3(7)10-4-2-9-11-6(12)5(4)8/h2-3H,1H3,(H2,10,11,12). The number of hydrogen-bond donors (Lipinski definition) is 2. The highest BCUT2D eigenvalue weighted by molar-refractivity contribution is 9.09. The second-order valence-corrected chi connectivity index (χ2v) is 3.94. The molecule has 1 rings (SSSR count). The molecule has 4 nitrogen and oxygen atoms in total. The summed E-state index contributed by atoms with van der Waals surface area (Å²) in [7, 11) is 0. The van der Waals surface area contributed by atoms with Gasteiger partial charge in [-0.2, -0.15) is 5.10 Å². The van der Waals surface area contributed by atoms with Gasteiger partial charge in [-0.05, 0) is 6.92 Å². The lowest BCUT2D eigenvalue weighted by molar-refractivity contribution is 0.981. The first-order chi connectivity index (χ1) is 5.61. The van der Waals surface area contributed by atoms with E-state index in [0.717, 1.165) is 0 Å². The lowest BCUT2D eigenvalue weighted by Crippen LogP contribution is -2.14. The first kappa shape index (κ1) is 9.54. The molecular weight excluding hydrogens is 245 g/mol. The summed E-state index contributed by atoms with van der Waals surface area (Å²) >= 11 is 8.93. The van der Waals surface area contributed by atoms with Crippen molar-refractivity contribution in [3.63, 3.8) is 0 Å². The minimum atomic E-state index is -0.394. The van der Waals surface area contributed by atoms with Gasteiger partial charge in [0.05, 0.1) is 16.8 Å². The molecule has 0 saturated carbocycles. The van der Waals surface area contributed by atoms with Crippen molar-refractivity contribution in [3.05, 3.63) is 21.6 Å². The second-order valence-electron chi connectivity index (χ2n) is 2.19. The number of aromatic amines is 1. The minimum absolute atomic E-state index is 0.0404. The van der Waals surface area contributed by atoms with Gasteiger partial charge in [-0.15, -0.1) is 0 Å². The third-order valence-corrected chi connectivity index (χ3v) is 1.75. The molecule has 1 aromatic heterocycles. The average molecular weight is 252 g/mol. The summed E-state index contributed by atoms with van der Waals surface area (Å²) in [6.07, 6.45) is 1.46. The number of H-pyrrole nitrogens is 1. The molecular formula is C6H7BrClN3O. The van der Waals surface area contributed by atoms with E-state index in [1.165, 1.54) is 6.20 Å². The number of aromatic nitrogens is 2. The van der Waals surface area contributed by atoms with Crippen LogP contribution in [0.3, 0.4) is 0 Å². The molecule has 6 heteroatoms. The molecule has 0 amide bonds. The van der Waals surface area contributed by atoms with E-state index in [2.05, 4.69) is 31.4 Å². The summed E-state index contributed by atoms with van der Waals surface area (Å²) < 4.78 is 0. The smallest absolute Gasteiger partial charge is 0.285 e. The summed E-state index contributed by atoms with van der Waals surface area (Å²) in [5.74, 6) is 0. The Labute approximate surface area is 82.5 Å². The molecule has 0 bridgehead atoms. The van der Waals surface area contributed by atoms with E-state index >= 15 is 0 Å². The maximum absolute atomic E-state index is 10.9. The molecule has 0 radical (unpaired) electrons. The molecule has 0 aliphatic heterocycles. The number of nitrogens with one attached hydrogen (secondary N) is 2. The van der Waals surface area contributed by atoms with Crippen LogP contribution in [0.15, 0.2) is 11.0 Å². The van der Waals surface area contributed by atoms with Gasteiger partial charge in [0.25, 0.3) is 5.56 Å². The van der Waals surface area contributed by atoms with Crippen LogP contribution in [0.4, 0.5) is 5.69 Å². The Morgan fingerprint density at radius 1 is 1.83 bits per heavy atom. The van der Waals surface area contributed by atoms with Crippen LogP contribution in [0.1, 0.15) is 6.92 Å². The van der Waals surface area contributed by atoms with Gasteiger partial charge in [0.15, 0.2) is 0 Å². The third kappa shape index (κ3) is 2.22. The number of alkyl halides is 1. The number of nitrogens with zero attached hydrogens (tertiary/aromatic N) is 1. The van der Waals surface area contributed by atoms with E-state index in [1.54, 1.807) is 0 Å². The number of hydrogen-bond acceptors (Lipinski definition) is 3. The van der Waals surface area contributed by atoms with Crippen LogP contribution in [0.2, 0.25) is 5.02 Å². The lowest BCUT2D eigenvalue weighted by Gasteiger charge is -2.07. The summed E-state index contributed by atoms with van der Waals surface area (Å²) in [6, 6.07) is 0. The van der Waals surface area contributed by atoms with Crippen LogP contribution in [-0.4, -0.2) is 15.1 Å². The monoisotopic (exact) mass is 251 g/mol. The fraction of sp³-hybridized carbons (Fsp3) is 0.333. The van der Waals surface area contributed by atoms with Gasteiger partial charge in [0.1, 0.15) is 5.02 Å². The van der Waals surface area contributed by atoms with Crippen molar-refractivity contribution in [2.75, 3.05) is 5.32 Å². The van der Waals surface area contributed by atoms with Crippen LogP contribution in [0.25, 0.3) is 0 Å². The predicted molar refractivity (Wildman–Crippen MR) is 51.9 cm³/mol. The highest BCUT2D eigenvalue weighted by Crippen LogP contribution is 2.16. The highest BCUT2D eigenvalue weighted by Gasteiger charge is 2.05. The Hall–Kier alpha value is -0.550. The normalized spacial score (nSPS) is 12.6. The van der Waals surface area contributed by atoms with E-state index in [1.807, 2.05) is 6.92 Å². The van der Waals surface area contributed by atoms with E-state index < -0.39 is 5.56 Å². The number of rotatable bonds is 2. The van der Waals surface area contributed by atoms with Crippen molar-refractivity contribution in [3.8, 4) is 0 Å². The summed E-state index contributed by atoms with van der Waals surface area (Å²) in [4.78, 5) is 11.0. The zero-order valence-electron chi connectivity index (χ0n) is 6.27. The van der Waals surface area contributed by atoms with Gasteiger partial charge in [0.2, 0.25) is 0 Å². The Morgan fingerprint density at radius 3 is 3.08 bits per heavy atom. The van der Waals surface area contributed by atoms with Gasteiger partial charge in [-0.25, -0.2) is 5.10 Å². The van der Waals surface area contributed by atoms with Crippen molar-refractivity contribution in [2.45, 2.75) is 11.9 Å². The molecule has 1 aromatic rings. The Morgan fingerprint density at radius 2 is 2.50 bits per heavy atom. The van der Waals surface area contributed by atoms with Gasteiger partial charge in [-0.1, -0.05) is 27.5 Å². The SMILES string of the molecule is CC(Br)Nc1cn[nH]c(=O)c1Cl. The summed E-state index contributed by atoms with van der Waals surface area (Å²) in [5.41, 5.74) is 0.125. The van der Waals surface area contributed by atoms with E-state index in [9.17, 15) is 4.79 Å². The topological polar surface area (TPSA) is 57.8 Å². The first-order valence-electron chi connectivity index (χ1n) is 3.25. The van der Waals surface area contributed by atoms with Crippen LogP contribution in [-0.2, 0) is 0 Å². The zero-order valence-corrected chi connectivity index (χ0v) is 8.61. The highest BCUT2D eigenvalue weighted by atomic mass is 79.9. The predicted octanol–water partition coefficient (Wildman–Crippen LogP) is 1.58.